The fourth-order valence-corrected chi connectivity index (χ4v) is 4.82. The number of aromatic nitrogens is 1. The first-order valence-electron chi connectivity index (χ1n) is 7.89. The van der Waals surface area contributed by atoms with Crippen molar-refractivity contribution in [3.8, 4) is 11.3 Å². The van der Waals surface area contributed by atoms with Crippen LogP contribution in [0.2, 0.25) is 0 Å². The second-order valence-electron chi connectivity index (χ2n) is 6.05. The number of rotatable bonds is 1. The third kappa shape index (κ3) is 2.13. The Morgan fingerprint density at radius 2 is 1.74 bits per heavy atom. The van der Waals surface area contributed by atoms with Gasteiger partial charge in [0.15, 0.2) is 0 Å². The number of hydrogen-bond acceptors (Lipinski definition) is 2. The average molecular weight is 313 g/mol. The summed E-state index contributed by atoms with van der Waals surface area (Å²) in [5.74, 6) is 0.526. The summed E-state index contributed by atoms with van der Waals surface area (Å²) >= 11 is 1.97. The summed E-state index contributed by atoms with van der Waals surface area (Å²) in [4.78, 5) is 6.05. The highest BCUT2D eigenvalue weighted by Gasteiger charge is 2.30. The Kier molecular flexibility index (Phi) is 2.92. The van der Waals surface area contributed by atoms with Gasteiger partial charge >= 0.3 is 0 Å². The van der Waals surface area contributed by atoms with Crippen LogP contribution in [-0.4, -0.2) is 10.2 Å². The van der Waals surface area contributed by atoms with Crippen LogP contribution >= 0.6 is 11.8 Å². The molecule has 110 valence electrons. The van der Waals surface area contributed by atoms with Crippen molar-refractivity contribution in [3.63, 3.8) is 0 Å². The summed E-state index contributed by atoms with van der Waals surface area (Å²) in [6, 6.07) is 17.4. The largest absolute Gasteiger partial charge is 0.256 e. The van der Waals surface area contributed by atoms with Crippen LogP contribution in [0, 0.1) is 0 Å². The van der Waals surface area contributed by atoms with Gasteiger partial charge in [0.25, 0.3) is 0 Å². The van der Waals surface area contributed by atoms with Crippen LogP contribution in [0.4, 0.5) is 0 Å². The first-order chi connectivity index (χ1) is 11.4. The van der Waals surface area contributed by atoms with Crippen molar-refractivity contribution in [3.05, 3.63) is 84.6 Å². The number of allylic oxidation sites excluding steroid dienone is 3. The predicted molar refractivity (Wildman–Crippen MR) is 97.8 cm³/mol. The van der Waals surface area contributed by atoms with Crippen LogP contribution < -0.4 is 0 Å². The molecule has 23 heavy (non-hydrogen) atoms. The van der Waals surface area contributed by atoms with Gasteiger partial charge in [-0.3, -0.25) is 4.98 Å². The molecule has 2 aliphatic rings. The highest BCUT2D eigenvalue weighted by molar-refractivity contribution is 8.00. The summed E-state index contributed by atoms with van der Waals surface area (Å²) < 4.78 is 0. The van der Waals surface area contributed by atoms with E-state index >= 15 is 0 Å². The van der Waals surface area contributed by atoms with Crippen molar-refractivity contribution in [2.75, 3.05) is 0 Å². The van der Waals surface area contributed by atoms with Gasteiger partial charge in [0.2, 0.25) is 0 Å². The average Bonchev–Trinajstić information content (AvgIpc) is 2.99. The fraction of sp³-hybridized carbons (Fsp3) is 0.0952. The van der Waals surface area contributed by atoms with E-state index in [1.807, 2.05) is 18.0 Å². The number of nitrogens with zero attached hydrogens (tertiary/aromatic N) is 1. The lowest BCUT2D eigenvalue weighted by molar-refractivity contribution is 0.881. The monoisotopic (exact) mass is 313 g/mol. The number of thioether (sulfide) groups is 1. The summed E-state index contributed by atoms with van der Waals surface area (Å²) in [7, 11) is 0. The summed E-state index contributed by atoms with van der Waals surface area (Å²) in [5.41, 5.74) is 3.70. The third-order valence-electron chi connectivity index (χ3n) is 4.65. The van der Waals surface area contributed by atoms with Gasteiger partial charge in [0.05, 0.1) is 5.69 Å². The Balaban J connectivity index is 1.59. The Hall–Kier alpha value is -2.32. The van der Waals surface area contributed by atoms with Crippen molar-refractivity contribution in [1.82, 2.24) is 4.98 Å². The van der Waals surface area contributed by atoms with Crippen molar-refractivity contribution < 1.29 is 0 Å². The van der Waals surface area contributed by atoms with Crippen LogP contribution in [0.25, 0.3) is 22.0 Å². The van der Waals surface area contributed by atoms with Crippen molar-refractivity contribution in [2.24, 2.45) is 0 Å². The number of hydrogen-bond donors (Lipinski definition) is 0. The quantitative estimate of drug-likeness (QED) is 0.581. The lowest BCUT2D eigenvalue weighted by Crippen LogP contribution is -2.06. The molecule has 1 aromatic heterocycles. The van der Waals surface area contributed by atoms with Crippen molar-refractivity contribution >= 4 is 22.5 Å². The van der Waals surface area contributed by atoms with E-state index in [0.717, 1.165) is 5.69 Å². The van der Waals surface area contributed by atoms with Crippen LogP contribution in [0.15, 0.2) is 83.9 Å². The standard InChI is InChI=1S/C21H15NS/c1-2-6-16-13-22-19(11-14(16)5-1)15-9-10-18-17-7-3-4-8-20(17)23-21(18)12-15/h1-13,17,20H. The lowest BCUT2D eigenvalue weighted by Gasteiger charge is -2.14. The van der Waals surface area contributed by atoms with Gasteiger partial charge in [-0.1, -0.05) is 60.7 Å². The lowest BCUT2D eigenvalue weighted by atomic mass is 9.91. The van der Waals surface area contributed by atoms with Gasteiger partial charge < -0.3 is 0 Å². The number of benzene rings is 2. The predicted octanol–water partition coefficient (Wildman–Crippen LogP) is 5.59. The van der Waals surface area contributed by atoms with E-state index in [-0.39, 0.29) is 0 Å². The molecule has 2 atom stereocenters. The van der Waals surface area contributed by atoms with Crippen molar-refractivity contribution in [1.29, 1.82) is 0 Å². The second kappa shape index (κ2) is 5.10. The summed E-state index contributed by atoms with van der Waals surface area (Å²) in [6.07, 6.45) is 10.9. The maximum atomic E-state index is 4.66. The third-order valence-corrected chi connectivity index (χ3v) is 5.98. The minimum absolute atomic E-state index is 0.526. The Morgan fingerprint density at radius 3 is 2.70 bits per heavy atom. The fourth-order valence-electron chi connectivity index (χ4n) is 3.44. The van der Waals surface area contributed by atoms with E-state index in [1.165, 1.54) is 26.8 Å². The zero-order chi connectivity index (χ0) is 15.2. The van der Waals surface area contributed by atoms with Gasteiger partial charge in [-0.25, -0.2) is 0 Å². The van der Waals surface area contributed by atoms with E-state index < -0.39 is 0 Å². The van der Waals surface area contributed by atoms with E-state index in [1.54, 1.807) is 0 Å². The minimum atomic E-state index is 0.526. The zero-order valence-corrected chi connectivity index (χ0v) is 13.3. The Bertz CT molecular complexity index is 970. The topological polar surface area (TPSA) is 12.9 Å². The van der Waals surface area contributed by atoms with E-state index in [2.05, 4.69) is 77.8 Å². The van der Waals surface area contributed by atoms with E-state index in [9.17, 15) is 0 Å². The molecule has 0 fully saturated rings. The summed E-state index contributed by atoms with van der Waals surface area (Å²) in [5, 5.41) is 2.98. The van der Waals surface area contributed by atoms with Gasteiger partial charge in [-0.2, -0.15) is 0 Å². The van der Waals surface area contributed by atoms with Gasteiger partial charge in [-0.15, -0.1) is 11.8 Å². The molecule has 1 aliphatic heterocycles. The zero-order valence-electron chi connectivity index (χ0n) is 12.5. The SMILES string of the molecule is C1=CC2Sc3cc(-c4cc5ccccc5cn4)ccc3C2C=C1. The minimum Gasteiger partial charge on any atom is -0.256 e. The van der Waals surface area contributed by atoms with Crippen LogP contribution in [0.1, 0.15) is 11.5 Å². The number of pyridine rings is 1. The molecule has 1 aliphatic carbocycles. The normalized spacial score (nSPS) is 21.4. The molecular weight excluding hydrogens is 298 g/mol. The molecule has 2 heterocycles. The highest BCUT2D eigenvalue weighted by Crippen LogP contribution is 2.48. The Morgan fingerprint density at radius 1 is 0.870 bits per heavy atom. The molecule has 0 spiro atoms. The molecule has 2 aromatic carbocycles. The van der Waals surface area contributed by atoms with Crippen LogP contribution in [0.5, 0.6) is 0 Å². The molecule has 0 saturated heterocycles. The molecule has 3 aromatic rings. The van der Waals surface area contributed by atoms with Crippen LogP contribution in [0.3, 0.4) is 0 Å². The van der Waals surface area contributed by atoms with Gasteiger partial charge in [-0.05, 0) is 23.1 Å². The van der Waals surface area contributed by atoms with Gasteiger partial charge in [0.1, 0.15) is 0 Å². The second-order valence-corrected chi connectivity index (χ2v) is 7.27. The molecule has 0 radical (unpaired) electrons. The number of fused-ring (bicyclic) bond motifs is 4. The molecule has 0 amide bonds. The molecular formula is C21H15NS. The highest BCUT2D eigenvalue weighted by atomic mass is 32.2. The summed E-state index contributed by atoms with van der Waals surface area (Å²) in [6.45, 7) is 0. The molecule has 5 rings (SSSR count). The van der Waals surface area contributed by atoms with Crippen LogP contribution in [-0.2, 0) is 0 Å². The maximum Gasteiger partial charge on any atom is 0.0708 e. The van der Waals surface area contributed by atoms with Crippen molar-refractivity contribution in [2.45, 2.75) is 16.1 Å². The van der Waals surface area contributed by atoms with E-state index in [4.69, 9.17) is 0 Å². The Labute approximate surface area is 139 Å². The molecule has 1 nitrogen and oxygen atoms in total. The first kappa shape index (κ1) is 13.1. The molecule has 0 N–H and O–H groups in total. The molecule has 2 unspecified atom stereocenters. The van der Waals surface area contributed by atoms with Gasteiger partial charge in [0, 0.05) is 33.2 Å². The first-order valence-corrected chi connectivity index (χ1v) is 8.77. The maximum absolute atomic E-state index is 4.66. The smallest absolute Gasteiger partial charge is 0.0708 e. The van der Waals surface area contributed by atoms with E-state index in [0.29, 0.717) is 11.2 Å². The molecule has 0 saturated carbocycles. The molecule has 0 bridgehead atoms. The molecule has 2 heteroatoms.